The Morgan fingerprint density at radius 3 is 2.09 bits per heavy atom. The van der Waals surface area contributed by atoms with Crippen LogP contribution in [0.3, 0.4) is 0 Å². The summed E-state index contributed by atoms with van der Waals surface area (Å²) in [5, 5.41) is 5.31. The van der Waals surface area contributed by atoms with Gasteiger partial charge in [0.05, 0.1) is 5.75 Å². The van der Waals surface area contributed by atoms with Gasteiger partial charge in [-0.1, -0.05) is 17.7 Å². The molecule has 2 N–H and O–H groups in total. The molecule has 1 rings (SSSR count). The number of sulfone groups is 1. The topological polar surface area (TPSA) is 92.3 Å². The molecule has 1 unspecified atom stereocenters. The Hall–Kier alpha value is -1.89. The maximum Gasteiger partial charge on any atom is 0.246 e. The Morgan fingerprint density at radius 2 is 1.65 bits per heavy atom. The maximum atomic E-state index is 12.4. The summed E-state index contributed by atoms with van der Waals surface area (Å²) in [5.41, 5.74) is 3.62. The summed E-state index contributed by atoms with van der Waals surface area (Å²) < 4.78 is 22.6. The van der Waals surface area contributed by atoms with E-state index in [9.17, 15) is 18.0 Å². The summed E-state index contributed by atoms with van der Waals surface area (Å²) in [4.78, 5) is 23.7. The van der Waals surface area contributed by atoms with Crippen molar-refractivity contribution in [2.45, 2.75) is 40.2 Å². The van der Waals surface area contributed by atoms with Gasteiger partial charge in [0, 0.05) is 18.9 Å². The molecule has 1 atom stereocenters. The molecular weight excluding hydrogens is 316 g/mol. The summed E-state index contributed by atoms with van der Waals surface area (Å²) in [6.45, 7) is 7.04. The Morgan fingerprint density at radius 1 is 1.13 bits per heavy atom. The molecule has 0 saturated carbocycles. The fourth-order valence-electron chi connectivity index (χ4n) is 2.43. The van der Waals surface area contributed by atoms with Crippen molar-refractivity contribution in [1.82, 2.24) is 5.32 Å². The van der Waals surface area contributed by atoms with E-state index < -0.39 is 21.8 Å². The molecule has 0 bridgehead atoms. The van der Waals surface area contributed by atoms with Gasteiger partial charge in [-0.25, -0.2) is 8.42 Å². The number of nitrogens with one attached hydrogen (secondary N) is 2. The second kappa shape index (κ2) is 7.59. The first kappa shape index (κ1) is 19.2. The van der Waals surface area contributed by atoms with Crippen molar-refractivity contribution in [1.29, 1.82) is 0 Å². The van der Waals surface area contributed by atoms with Gasteiger partial charge in [-0.05, 0) is 38.3 Å². The average molecular weight is 340 g/mol. The number of carbonyl (C=O) groups excluding carboxylic acids is 2. The summed E-state index contributed by atoms with van der Waals surface area (Å²) in [6, 6.07) is 3.02. The average Bonchev–Trinajstić information content (AvgIpc) is 2.37. The molecule has 0 aliphatic carbocycles. The van der Waals surface area contributed by atoms with Crippen LogP contribution in [0.4, 0.5) is 5.69 Å². The van der Waals surface area contributed by atoms with E-state index in [1.165, 1.54) is 6.92 Å². The summed E-state index contributed by atoms with van der Waals surface area (Å²) in [7, 11) is -3.21. The van der Waals surface area contributed by atoms with Crippen molar-refractivity contribution in [3.8, 4) is 0 Å². The lowest BCUT2D eigenvalue weighted by Crippen LogP contribution is -2.44. The van der Waals surface area contributed by atoms with Gasteiger partial charge >= 0.3 is 0 Å². The normalized spacial score (nSPS) is 12.6. The van der Waals surface area contributed by atoms with Gasteiger partial charge < -0.3 is 10.6 Å². The van der Waals surface area contributed by atoms with Crippen molar-refractivity contribution in [3.63, 3.8) is 0 Å². The van der Waals surface area contributed by atoms with Gasteiger partial charge in [0.15, 0.2) is 0 Å². The zero-order valence-electron chi connectivity index (χ0n) is 14.2. The minimum absolute atomic E-state index is 0.0359. The van der Waals surface area contributed by atoms with E-state index in [-0.39, 0.29) is 18.1 Å². The molecule has 1 aromatic rings. The molecule has 128 valence electrons. The van der Waals surface area contributed by atoms with Gasteiger partial charge in [-0.2, -0.15) is 0 Å². The predicted octanol–water partition coefficient (Wildman–Crippen LogP) is 1.49. The molecule has 0 saturated heterocycles. The van der Waals surface area contributed by atoms with Crippen LogP contribution < -0.4 is 10.6 Å². The number of hydrogen-bond donors (Lipinski definition) is 2. The highest BCUT2D eigenvalue weighted by Gasteiger charge is 2.22. The Balaban J connectivity index is 2.95. The SMILES string of the molecule is CC(=O)NC(CCS(C)(=O)=O)C(=O)Nc1c(C)cc(C)cc1C. The predicted molar refractivity (Wildman–Crippen MR) is 91.2 cm³/mol. The number of amides is 2. The lowest BCUT2D eigenvalue weighted by atomic mass is 10.0. The van der Waals surface area contributed by atoms with Crippen molar-refractivity contribution in [2.24, 2.45) is 0 Å². The molecule has 0 fully saturated rings. The molecule has 0 aliphatic rings. The van der Waals surface area contributed by atoms with E-state index in [4.69, 9.17) is 0 Å². The van der Waals surface area contributed by atoms with Gasteiger partial charge in [0.2, 0.25) is 11.8 Å². The third kappa shape index (κ3) is 6.40. The van der Waals surface area contributed by atoms with Crippen molar-refractivity contribution in [3.05, 3.63) is 28.8 Å². The van der Waals surface area contributed by atoms with Crippen molar-refractivity contribution >= 4 is 27.3 Å². The Bertz CT molecular complexity index is 688. The minimum atomic E-state index is -3.21. The van der Waals surface area contributed by atoms with Gasteiger partial charge in [-0.3, -0.25) is 9.59 Å². The number of rotatable bonds is 6. The monoisotopic (exact) mass is 340 g/mol. The largest absolute Gasteiger partial charge is 0.345 e. The zero-order valence-corrected chi connectivity index (χ0v) is 15.0. The minimum Gasteiger partial charge on any atom is -0.345 e. The van der Waals surface area contributed by atoms with E-state index in [0.717, 1.165) is 22.9 Å². The fourth-order valence-corrected chi connectivity index (χ4v) is 3.10. The number of hydrogen-bond acceptors (Lipinski definition) is 4. The number of anilines is 1. The highest BCUT2D eigenvalue weighted by molar-refractivity contribution is 7.90. The van der Waals surface area contributed by atoms with Crippen LogP contribution in [0.15, 0.2) is 12.1 Å². The quantitative estimate of drug-likeness (QED) is 0.820. The smallest absolute Gasteiger partial charge is 0.246 e. The van der Waals surface area contributed by atoms with E-state index in [0.29, 0.717) is 5.69 Å². The molecule has 1 aromatic carbocycles. The molecule has 6 nitrogen and oxygen atoms in total. The first-order valence-corrected chi connectivity index (χ1v) is 9.39. The summed E-state index contributed by atoms with van der Waals surface area (Å²) >= 11 is 0. The van der Waals surface area contributed by atoms with Crippen LogP contribution in [0, 0.1) is 20.8 Å². The molecule has 23 heavy (non-hydrogen) atoms. The molecule has 0 heterocycles. The number of benzene rings is 1. The van der Waals surface area contributed by atoms with E-state index >= 15 is 0 Å². The first-order chi connectivity index (χ1) is 10.5. The van der Waals surface area contributed by atoms with Crippen LogP contribution in [-0.2, 0) is 19.4 Å². The van der Waals surface area contributed by atoms with E-state index in [2.05, 4.69) is 10.6 Å². The van der Waals surface area contributed by atoms with Crippen LogP contribution in [-0.4, -0.2) is 38.3 Å². The molecular formula is C16H24N2O4S. The van der Waals surface area contributed by atoms with Crippen molar-refractivity contribution < 1.29 is 18.0 Å². The molecule has 2 amide bonds. The van der Waals surface area contributed by atoms with E-state index in [1.54, 1.807) is 0 Å². The van der Waals surface area contributed by atoms with Crippen LogP contribution in [0.2, 0.25) is 0 Å². The van der Waals surface area contributed by atoms with Crippen LogP contribution in [0.25, 0.3) is 0 Å². The van der Waals surface area contributed by atoms with E-state index in [1.807, 2.05) is 32.9 Å². The Kier molecular flexibility index (Phi) is 6.32. The van der Waals surface area contributed by atoms with Crippen LogP contribution in [0.1, 0.15) is 30.0 Å². The highest BCUT2D eigenvalue weighted by Crippen LogP contribution is 2.22. The fraction of sp³-hybridized carbons (Fsp3) is 0.500. The third-order valence-electron chi connectivity index (χ3n) is 3.40. The maximum absolute atomic E-state index is 12.4. The van der Waals surface area contributed by atoms with Gasteiger partial charge in [-0.15, -0.1) is 0 Å². The highest BCUT2D eigenvalue weighted by atomic mass is 32.2. The number of aryl methyl sites for hydroxylation is 3. The van der Waals surface area contributed by atoms with Gasteiger partial charge in [0.1, 0.15) is 15.9 Å². The van der Waals surface area contributed by atoms with Crippen LogP contribution in [0.5, 0.6) is 0 Å². The summed E-state index contributed by atoms with van der Waals surface area (Å²) in [6.07, 6.45) is 1.14. The lowest BCUT2D eigenvalue weighted by molar-refractivity contribution is -0.125. The summed E-state index contributed by atoms with van der Waals surface area (Å²) in [5.74, 6) is -0.966. The molecule has 0 aliphatic heterocycles. The van der Waals surface area contributed by atoms with Crippen molar-refractivity contribution in [2.75, 3.05) is 17.3 Å². The Labute approximate surface area is 137 Å². The molecule has 0 radical (unpaired) electrons. The number of carbonyl (C=O) groups is 2. The van der Waals surface area contributed by atoms with Crippen LogP contribution >= 0.6 is 0 Å². The standard InChI is InChI=1S/C16H24N2O4S/c1-10-8-11(2)15(12(3)9-10)18-16(20)14(17-13(4)19)6-7-23(5,21)22/h8-9,14H,6-7H2,1-5H3,(H,17,19)(H,18,20). The molecule has 7 heteroatoms. The molecule has 0 aromatic heterocycles. The second-order valence-corrected chi connectivity index (χ2v) is 8.19. The van der Waals surface area contributed by atoms with Gasteiger partial charge in [0.25, 0.3) is 0 Å². The first-order valence-electron chi connectivity index (χ1n) is 7.33. The second-order valence-electron chi connectivity index (χ2n) is 5.93. The molecule has 0 spiro atoms. The zero-order chi connectivity index (χ0) is 17.8. The lowest BCUT2D eigenvalue weighted by Gasteiger charge is -2.19. The third-order valence-corrected chi connectivity index (χ3v) is 4.37.